The molecule has 2 aliphatic rings. The number of aryl methyl sites for hydroxylation is 1. The molecule has 1 aromatic rings. The highest BCUT2D eigenvalue weighted by Gasteiger charge is 2.34. The quantitative estimate of drug-likeness (QED) is 0.872. The molecule has 0 radical (unpaired) electrons. The van der Waals surface area contributed by atoms with E-state index in [2.05, 4.69) is 30.7 Å². The second-order valence-corrected chi connectivity index (χ2v) is 7.57. The van der Waals surface area contributed by atoms with Crippen LogP contribution >= 0.6 is 11.3 Å². The first-order valence-corrected chi connectivity index (χ1v) is 8.38. The van der Waals surface area contributed by atoms with Crippen molar-refractivity contribution in [3.8, 4) is 0 Å². The zero-order valence-electron chi connectivity index (χ0n) is 12.6. The first-order chi connectivity index (χ1) is 10.0. The summed E-state index contributed by atoms with van der Waals surface area (Å²) < 4.78 is 5.49. The molecular weight excluding hydrogens is 284 g/mol. The SMILES string of the molecule is C=C[C@H]1OCC[C@@H]1C(=O)Nc1nc2c(s1)CCCC2(C)C. The lowest BCUT2D eigenvalue weighted by molar-refractivity contribution is -0.120. The molecule has 0 saturated carbocycles. The third kappa shape index (κ3) is 2.77. The van der Waals surface area contributed by atoms with Crippen molar-refractivity contribution in [3.05, 3.63) is 23.2 Å². The van der Waals surface area contributed by atoms with E-state index in [1.807, 2.05) is 0 Å². The first kappa shape index (κ1) is 14.7. The molecule has 3 rings (SSSR count). The van der Waals surface area contributed by atoms with Crippen molar-refractivity contribution < 1.29 is 9.53 Å². The Labute approximate surface area is 129 Å². The zero-order chi connectivity index (χ0) is 15.0. The predicted octanol–water partition coefficient (Wildman–Crippen LogP) is 3.29. The molecule has 1 aromatic heterocycles. The van der Waals surface area contributed by atoms with Crippen molar-refractivity contribution in [2.75, 3.05) is 11.9 Å². The van der Waals surface area contributed by atoms with Crippen LogP contribution in [-0.2, 0) is 21.4 Å². The van der Waals surface area contributed by atoms with Crippen LogP contribution in [0.1, 0.15) is 43.7 Å². The summed E-state index contributed by atoms with van der Waals surface area (Å²) in [7, 11) is 0. The van der Waals surface area contributed by atoms with E-state index in [0.717, 1.165) is 30.1 Å². The number of aromatic nitrogens is 1. The van der Waals surface area contributed by atoms with Crippen molar-refractivity contribution in [2.24, 2.45) is 5.92 Å². The van der Waals surface area contributed by atoms with Gasteiger partial charge in [-0.3, -0.25) is 4.79 Å². The number of carbonyl (C=O) groups is 1. The van der Waals surface area contributed by atoms with Crippen LogP contribution < -0.4 is 5.32 Å². The average molecular weight is 306 g/mol. The Kier molecular flexibility index (Phi) is 3.88. The van der Waals surface area contributed by atoms with E-state index in [1.54, 1.807) is 17.4 Å². The van der Waals surface area contributed by atoms with Gasteiger partial charge in [-0.05, 0) is 25.7 Å². The Hall–Kier alpha value is -1.20. The van der Waals surface area contributed by atoms with E-state index in [9.17, 15) is 4.79 Å². The maximum atomic E-state index is 12.4. The number of hydrogen-bond acceptors (Lipinski definition) is 4. The Morgan fingerprint density at radius 2 is 2.38 bits per heavy atom. The van der Waals surface area contributed by atoms with Gasteiger partial charge in [0.2, 0.25) is 5.91 Å². The minimum Gasteiger partial charge on any atom is -0.373 e. The van der Waals surface area contributed by atoms with Crippen LogP contribution in [0.25, 0.3) is 0 Å². The second-order valence-electron chi connectivity index (χ2n) is 6.48. The average Bonchev–Trinajstić information content (AvgIpc) is 3.04. The fourth-order valence-electron chi connectivity index (χ4n) is 3.23. The number of carbonyl (C=O) groups excluding carboxylic acids is 1. The van der Waals surface area contributed by atoms with Crippen LogP contribution in [-0.4, -0.2) is 23.6 Å². The lowest BCUT2D eigenvalue weighted by atomic mass is 9.79. The van der Waals surface area contributed by atoms with Crippen LogP contribution in [0.4, 0.5) is 5.13 Å². The molecule has 21 heavy (non-hydrogen) atoms. The standard InChI is InChI=1S/C16H22N2O2S/c1-4-11-10(7-9-20-11)14(19)18-15-17-13-12(21-15)6-5-8-16(13,2)3/h4,10-11H,1,5-9H2,2-3H3,(H,17,18,19)/t10-,11+/m0/s1. The molecule has 1 saturated heterocycles. The molecule has 2 heterocycles. The summed E-state index contributed by atoms with van der Waals surface area (Å²) in [6, 6.07) is 0. The number of fused-ring (bicyclic) bond motifs is 1. The van der Waals surface area contributed by atoms with Gasteiger partial charge in [0, 0.05) is 16.9 Å². The molecule has 1 fully saturated rings. The van der Waals surface area contributed by atoms with Crippen molar-refractivity contribution in [1.82, 2.24) is 4.98 Å². The molecule has 2 atom stereocenters. The van der Waals surface area contributed by atoms with Gasteiger partial charge in [-0.2, -0.15) is 0 Å². The predicted molar refractivity (Wildman–Crippen MR) is 84.8 cm³/mol. The normalized spacial score (nSPS) is 27.1. The number of nitrogens with one attached hydrogen (secondary N) is 1. The van der Waals surface area contributed by atoms with Gasteiger partial charge >= 0.3 is 0 Å². The van der Waals surface area contributed by atoms with Crippen LogP contribution in [0.3, 0.4) is 0 Å². The molecular formula is C16H22N2O2S. The maximum Gasteiger partial charge on any atom is 0.232 e. The third-order valence-electron chi connectivity index (χ3n) is 4.48. The second kappa shape index (κ2) is 5.54. The minimum absolute atomic E-state index is 0.00121. The number of amides is 1. The van der Waals surface area contributed by atoms with Gasteiger partial charge in [0.05, 0.1) is 17.7 Å². The van der Waals surface area contributed by atoms with E-state index in [1.165, 1.54) is 11.3 Å². The van der Waals surface area contributed by atoms with Crippen LogP contribution in [0.15, 0.2) is 12.7 Å². The maximum absolute atomic E-state index is 12.4. The van der Waals surface area contributed by atoms with Gasteiger partial charge in [0.25, 0.3) is 0 Å². The molecule has 1 aliphatic carbocycles. The summed E-state index contributed by atoms with van der Waals surface area (Å²) in [5.74, 6) is -0.141. The highest BCUT2D eigenvalue weighted by atomic mass is 32.1. The summed E-state index contributed by atoms with van der Waals surface area (Å²) in [6.07, 6.45) is 5.73. The van der Waals surface area contributed by atoms with Crippen LogP contribution in [0.5, 0.6) is 0 Å². The highest BCUT2D eigenvalue weighted by Crippen LogP contribution is 2.40. The summed E-state index contributed by atoms with van der Waals surface area (Å²) in [4.78, 5) is 18.4. The van der Waals surface area contributed by atoms with E-state index >= 15 is 0 Å². The van der Waals surface area contributed by atoms with E-state index in [-0.39, 0.29) is 23.3 Å². The monoisotopic (exact) mass is 306 g/mol. The molecule has 4 nitrogen and oxygen atoms in total. The lowest BCUT2D eigenvalue weighted by Gasteiger charge is -2.27. The van der Waals surface area contributed by atoms with Crippen LogP contribution in [0, 0.1) is 5.92 Å². The molecule has 1 aliphatic heterocycles. The number of thiazole rings is 1. The Morgan fingerprint density at radius 1 is 1.57 bits per heavy atom. The number of rotatable bonds is 3. The fourth-order valence-corrected chi connectivity index (χ4v) is 4.42. The van der Waals surface area contributed by atoms with E-state index < -0.39 is 0 Å². The Bertz CT molecular complexity index is 565. The smallest absolute Gasteiger partial charge is 0.232 e. The van der Waals surface area contributed by atoms with Crippen molar-refractivity contribution >= 4 is 22.4 Å². The fraction of sp³-hybridized carbons (Fsp3) is 0.625. The Balaban J connectivity index is 1.75. The molecule has 1 amide bonds. The minimum atomic E-state index is -0.170. The summed E-state index contributed by atoms with van der Waals surface area (Å²) in [5, 5.41) is 3.72. The van der Waals surface area contributed by atoms with E-state index in [0.29, 0.717) is 6.61 Å². The summed E-state index contributed by atoms with van der Waals surface area (Å²) >= 11 is 1.62. The zero-order valence-corrected chi connectivity index (χ0v) is 13.5. The number of anilines is 1. The molecule has 5 heteroatoms. The first-order valence-electron chi connectivity index (χ1n) is 7.56. The van der Waals surface area contributed by atoms with Gasteiger partial charge in [-0.25, -0.2) is 4.98 Å². The van der Waals surface area contributed by atoms with Gasteiger partial charge in [0.15, 0.2) is 5.13 Å². The highest BCUT2D eigenvalue weighted by molar-refractivity contribution is 7.15. The van der Waals surface area contributed by atoms with Crippen LogP contribution in [0.2, 0.25) is 0 Å². The lowest BCUT2D eigenvalue weighted by Crippen LogP contribution is -2.28. The topological polar surface area (TPSA) is 51.2 Å². The van der Waals surface area contributed by atoms with Crippen molar-refractivity contribution in [1.29, 1.82) is 0 Å². The molecule has 0 unspecified atom stereocenters. The van der Waals surface area contributed by atoms with Gasteiger partial charge in [0.1, 0.15) is 0 Å². The number of ether oxygens (including phenoxy) is 1. The third-order valence-corrected chi connectivity index (χ3v) is 5.51. The number of nitrogens with zero attached hydrogens (tertiary/aromatic N) is 1. The van der Waals surface area contributed by atoms with Gasteiger partial charge in [-0.1, -0.05) is 19.9 Å². The number of hydrogen-bond donors (Lipinski definition) is 1. The molecule has 1 N–H and O–H groups in total. The summed E-state index contributed by atoms with van der Waals surface area (Å²) in [5.41, 5.74) is 1.28. The summed E-state index contributed by atoms with van der Waals surface area (Å²) in [6.45, 7) is 8.82. The van der Waals surface area contributed by atoms with Gasteiger partial charge in [-0.15, -0.1) is 17.9 Å². The van der Waals surface area contributed by atoms with E-state index in [4.69, 9.17) is 4.74 Å². The Morgan fingerprint density at radius 3 is 3.10 bits per heavy atom. The molecule has 114 valence electrons. The molecule has 0 bridgehead atoms. The molecule has 0 aromatic carbocycles. The van der Waals surface area contributed by atoms with Crippen molar-refractivity contribution in [3.63, 3.8) is 0 Å². The van der Waals surface area contributed by atoms with Gasteiger partial charge < -0.3 is 10.1 Å². The van der Waals surface area contributed by atoms with Crippen molar-refractivity contribution in [2.45, 2.75) is 51.0 Å². The largest absolute Gasteiger partial charge is 0.373 e. The molecule has 0 spiro atoms.